The minimum absolute atomic E-state index is 0.163. The van der Waals surface area contributed by atoms with Gasteiger partial charge >= 0.3 is 0 Å². The minimum atomic E-state index is 0.163. The summed E-state index contributed by atoms with van der Waals surface area (Å²) in [4.78, 5) is 20.8. The summed E-state index contributed by atoms with van der Waals surface area (Å²) in [5, 5.41) is 0.999. The number of amides is 1. The lowest BCUT2D eigenvalue weighted by atomic mass is 9.86. The summed E-state index contributed by atoms with van der Waals surface area (Å²) in [6, 6.07) is 7.95. The summed E-state index contributed by atoms with van der Waals surface area (Å²) in [5.41, 5.74) is 2.90. The van der Waals surface area contributed by atoms with Crippen molar-refractivity contribution >= 4 is 17.2 Å². The first kappa shape index (κ1) is 15.6. The number of hydrogen-bond acceptors (Lipinski definition) is 3. The van der Waals surface area contributed by atoms with E-state index in [9.17, 15) is 4.79 Å². The second kappa shape index (κ2) is 6.17. The van der Waals surface area contributed by atoms with Crippen LogP contribution < -0.4 is 0 Å². The monoisotopic (exact) mass is 338 g/mol. The number of fused-ring (bicyclic) bond motifs is 1. The molecule has 0 bridgehead atoms. The zero-order chi connectivity index (χ0) is 16.7. The van der Waals surface area contributed by atoms with Crippen LogP contribution in [0, 0.1) is 25.7 Å². The Morgan fingerprint density at radius 1 is 1.17 bits per heavy atom. The third-order valence-electron chi connectivity index (χ3n) is 5.29. The summed E-state index contributed by atoms with van der Waals surface area (Å²) in [7, 11) is 0. The Labute approximate surface area is 147 Å². The third kappa shape index (κ3) is 2.80. The second-order valence-corrected chi connectivity index (χ2v) is 8.12. The van der Waals surface area contributed by atoms with Crippen LogP contribution in [0.5, 0.6) is 0 Å². The SMILES string of the molecule is Cc1nc(-c2cccc(C(=O)N3C[C@H]4CC=CC[C@H]4C3)c2)sc1C. The maximum atomic E-state index is 12.9. The van der Waals surface area contributed by atoms with Gasteiger partial charge in [-0.1, -0.05) is 24.3 Å². The van der Waals surface area contributed by atoms with Crippen LogP contribution in [0.15, 0.2) is 36.4 Å². The van der Waals surface area contributed by atoms with Crippen LogP contribution >= 0.6 is 11.3 Å². The number of allylic oxidation sites excluding steroid dienone is 2. The number of aromatic nitrogens is 1. The highest BCUT2D eigenvalue weighted by Crippen LogP contribution is 2.34. The van der Waals surface area contributed by atoms with Crippen LogP contribution in [0.25, 0.3) is 10.6 Å². The fourth-order valence-electron chi connectivity index (χ4n) is 3.74. The molecular formula is C20H22N2OS. The van der Waals surface area contributed by atoms with E-state index >= 15 is 0 Å². The second-order valence-electron chi connectivity index (χ2n) is 6.91. The van der Waals surface area contributed by atoms with Crippen LogP contribution in [-0.4, -0.2) is 28.9 Å². The van der Waals surface area contributed by atoms with Crippen molar-refractivity contribution < 1.29 is 4.79 Å². The van der Waals surface area contributed by atoms with E-state index in [0.29, 0.717) is 11.8 Å². The zero-order valence-electron chi connectivity index (χ0n) is 14.2. The van der Waals surface area contributed by atoms with Crippen LogP contribution in [0.4, 0.5) is 0 Å². The number of hydrogen-bond donors (Lipinski definition) is 0. The Balaban J connectivity index is 1.56. The molecule has 2 atom stereocenters. The average Bonchev–Trinajstić information content (AvgIpc) is 3.18. The molecule has 3 nitrogen and oxygen atoms in total. The van der Waals surface area contributed by atoms with Gasteiger partial charge in [0.25, 0.3) is 5.91 Å². The Bertz CT molecular complexity index is 772. The molecule has 1 aromatic heterocycles. The van der Waals surface area contributed by atoms with Crippen molar-refractivity contribution in [2.75, 3.05) is 13.1 Å². The van der Waals surface area contributed by atoms with Crippen molar-refractivity contribution in [3.63, 3.8) is 0 Å². The van der Waals surface area contributed by atoms with Crippen LogP contribution in [0.3, 0.4) is 0 Å². The summed E-state index contributed by atoms with van der Waals surface area (Å²) in [6.07, 6.45) is 6.77. The largest absolute Gasteiger partial charge is 0.338 e. The van der Waals surface area contributed by atoms with Crippen molar-refractivity contribution in [2.45, 2.75) is 26.7 Å². The van der Waals surface area contributed by atoms with E-state index in [2.05, 4.69) is 24.1 Å². The highest BCUT2D eigenvalue weighted by Gasteiger charge is 2.35. The number of likely N-dealkylation sites (tertiary alicyclic amines) is 1. The molecule has 1 fully saturated rings. The van der Waals surface area contributed by atoms with Gasteiger partial charge in [-0.25, -0.2) is 4.98 Å². The Morgan fingerprint density at radius 3 is 2.50 bits per heavy atom. The molecule has 4 heteroatoms. The number of carbonyl (C=O) groups is 1. The molecule has 2 aliphatic rings. The van der Waals surface area contributed by atoms with Crippen LogP contribution in [-0.2, 0) is 0 Å². The van der Waals surface area contributed by atoms with Gasteiger partial charge in [0.2, 0.25) is 0 Å². The molecule has 0 unspecified atom stereocenters. The smallest absolute Gasteiger partial charge is 0.253 e. The van der Waals surface area contributed by atoms with Gasteiger partial charge in [0.15, 0.2) is 0 Å². The van der Waals surface area contributed by atoms with Crippen LogP contribution in [0.1, 0.15) is 33.8 Å². The van der Waals surface area contributed by atoms with Crippen molar-refractivity contribution in [3.8, 4) is 10.6 Å². The van der Waals surface area contributed by atoms with Crippen LogP contribution in [0.2, 0.25) is 0 Å². The number of aryl methyl sites for hydroxylation is 2. The van der Waals surface area contributed by atoms with E-state index < -0.39 is 0 Å². The standard InChI is InChI=1S/C20H22N2OS/c1-13-14(2)24-19(21-13)15-8-5-9-16(10-15)20(23)22-11-17-6-3-4-7-18(17)12-22/h3-5,8-10,17-18H,6-7,11-12H2,1-2H3/t17-,18+. The Morgan fingerprint density at radius 2 is 1.88 bits per heavy atom. The molecule has 2 aromatic rings. The van der Waals surface area contributed by atoms with Gasteiger partial charge in [-0.15, -0.1) is 11.3 Å². The molecule has 2 heterocycles. The summed E-state index contributed by atoms with van der Waals surface area (Å²) in [6.45, 7) is 5.91. The molecule has 1 aliphatic heterocycles. The number of rotatable bonds is 2. The number of nitrogens with zero attached hydrogens (tertiary/aromatic N) is 2. The first-order valence-electron chi connectivity index (χ1n) is 8.60. The lowest BCUT2D eigenvalue weighted by Gasteiger charge is -2.17. The number of carbonyl (C=O) groups excluding carboxylic acids is 1. The van der Waals surface area contributed by atoms with E-state index in [4.69, 9.17) is 0 Å². The quantitative estimate of drug-likeness (QED) is 0.757. The van der Waals surface area contributed by atoms with Gasteiger partial charge in [-0.05, 0) is 50.7 Å². The zero-order valence-corrected chi connectivity index (χ0v) is 15.0. The van der Waals surface area contributed by atoms with E-state index in [1.54, 1.807) is 11.3 Å². The third-order valence-corrected chi connectivity index (χ3v) is 6.41. The number of thiazole rings is 1. The van der Waals surface area contributed by atoms with E-state index in [1.165, 1.54) is 4.88 Å². The predicted molar refractivity (Wildman–Crippen MR) is 98.3 cm³/mol. The van der Waals surface area contributed by atoms with Gasteiger partial charge in [0.1, 0.15) is 5.01 Å². The highest BCUT2D eigenvalue weighted by atomic mass is 32.1. The van der Waals surface area contributed by atoms with Crippen molar-refractivity contribution in [3.05, 3.63) is 52.6 Å². The Kier molecular flexibility index (Phi) is 4.01. The molecule has 0 saturated carbocycles. The maximum Gasteiger partial charge on any atom is 0.253 e. The summed E-state index contributed by atoms with van der Waals surface area (Å²) >= 11 is 1.69. The molecule has 1 saturated heterocycles. The molecule has 0 radical (unpaired) electrons. The van der Waals surface area contributed by atoms with E-state index in [-0.39, 0.29) is 5.91 Å². The van der Waals surface area contributed by atoms with Crippen molar-refractivity contribution in [1.82, 2.24) is 9.88 Å². The lowest BCUT2D eigenvalue weighted by Crippen LogP contribution is -2.29. The molecule has 1 amide bonds. The first-order valence-corrected chi connectivity index (χ1v) is 9.42. The first-order chi connectivity index (χ1) is 11.6. The molecule has 1 aromatic carbocycles. The predicted octanol–water partition coefficient (Wildman–Crippen LogP) is 4.47. The molecule has 1 aliphatic carbocycles. The Hall–Kier alpha value is -1.94. The van der Waals surface area contributed by atoms with Crippen molar-refractivity contribution in [2.24, 2.45) is 11.8 Å². The molecule has 124 valence electrons. The van der Waals surface area contributed by atoms with E-state index in [1.807, 2.05) is 36.1 Å². The number of benzene rings is 1. The van der Waals surface area contributed by atoms with Gasteiger partial charge < -0.3 is 4.90 Å². The summed E-state index contributed by atoms with van der Waals surface area (Å²) in [5.74, 6) is 1.45. The molecule has 4 rings (SSSR count). The average molecular weight is 338 g/mol. The fourth-order valence-corrected chi connectivity index (χ4v) is 4.66. The maximum absolute atomic E-state index is 12.9. The van der Waals surface area contributed by atoms with Gasteiger partial charge in [-0.3, -0.25) is 4.79 Å². The molecule has 0 N–H and O–H groups in total. The molecule has 0 spiro atoms. The topological polar surface area (TPSA) is 33.2 Å². The normalized spacial score (nSPS) is 22.7. The van der Waals surface area contributed by atoms with Gasteiger partial charge in [0.05, 0.1) is 5.69 Å². The fraction of sp³-hybridized carbons (Fsp3) is 0.400. The highest BCUT2D eigenvalue weighted by molar-refractivity contribution is 7.15. The van der Waals surface area contributed by atoms with Gasteiger partial charge in [0, 0.05) is 29.1 Å². The van der Waals surface area contributed by atoms with Gasteiger partial charge in [-0.2, -0.15) is 0 Å². The van der Waals surface area contributed by atoms with Crippen molar-refractivity contribution in [1.29, 1.82) is 0 Å². The minimum Gasteiger partial charge on any atom is -0.338 e. The van der Waals surface area contributed by atoms with E-state index in [0.717, 1.165) is 47.8 Å². The lowest BCUT2D eigenvalue weighted by molar-refractivity contribution is 0.0784. The summed E-state index contributed by atoms with van der Waals surface area (Å²) < 4.78 is 0. The molecular weight excluding hydrogens is 316 g/mol. The molecule has 24 heavy (non-hydrogen) atoms.